The number of aliphatic carboxylic acids is 1. The number of aryl methyl sites for hydroxylation is 1. The Balaban J connectivity index is 2.07. The third-order valence-electron chi connectivity index (χ3n) is 4.26. The third kappa shape index (κ3) is 5.05. The molecule has 0 spiro atoms. The number of hydrogen-bond donors (Lipinski definition) is 2. The van der Waals surface area contributed by atoms with Gasteiger partial charge in [-0.1, -0.05) is 25.1 Å². The maximum absolute atomic E-state index is 12.6. The minimum Gasteiger partial charge on any atom is -0.485 e. The lowest BCUT2D eigenvalue weighted by molar-refractivity contribution is -0.138. The van der Waals surface area contributed by atoms with E-state index in [2.05, 4.69) is 15.5 Å². The second-order valence-corrected chi connectivity index (χ2v) is 6.06. The van der Waals surface area contributed by atoms with Crippen LogP contribution in [0.4, 0.5) is 0 Å². The molecule has 0 aliphatic rings. The van der Waals surface area contributed by atoms with Gasteiger partial charge in [-0.2, -0.15) is 4.98 Å². The van der Waals surface area contributed by atoms with Gasteiger partial charge < -0.3 is 19.7 Å². The molecule has 8 nitrogen and oxygen atoms in total. The van der Waals surface area contributed by atoms with Gasteiger partial charge in [0.2, 0.25) is 11.7 Å². The van der Waals surface area contributed by atoms with Crippen molar-refractivity contribution in [2.24, 2.45) is 0 Å². The molecular weight excluding hydrogens is 338 g/mol. The molecule has 8 heteroatoms. The van der Waals surface area contributed by atoms with Crippen LogP contribution in [0.5, 0.6) is 5.75 Å². The predicted octanol–water partition coefficient (Wildman–Crippen LogP) is 2.72. The summed E-state index contributed by atoms with van der Waals surface area (Å²) in [4.78, 5) is 27.8. The summed E-state index contributed by atoms with van der Waals surface area (Å²) in [6, 6.07) is 6.66. The molecule has 0 atom stereocenters. The molecule has 2 aromatic rings. The van der Waals surface area contributed by atoms with Gasteiger partial charge in [0, 0.05) is 12.5 Å². The molecule has 26 heavy (non-hydrogen) atoms. The van der Waals surface area contributed by atoms with Crippen LogP contribution in [-0.4, -0.2) is 32.7 Å². The molecule has 1 aromatic heterocycles. The topological polar surface area (TPSA) is 115 Å². The number of carbonyl (C=O) groups is 2. The van der Waals surface area contributed by atoms with Gasteiger partial charge in [0.25, 0.3) is 5.91 Å². The Kier molecular flexibility index (Phi) is 6.32. The molecule has 2 rings (SSSR count). The summed E-state index contributed by atoms with van der Waals surface area (Å²) >= 11 is 0. The Morgan fingerprint density at radius 1 is 1.31 bits per heavy atom. The van der Waals surface area contributed by atoms with Crippen LogP contribution < -0.4 is 10.1 Å². The monoisotopic (exact) mass is 361 g/mol. The van der Waals surface area contributed by atoms with E-state index in [1.54, 1.807) is 31.2 Å². The van der Waals surface area contributed by atoms with Crippen molar-refractivity contribution in [3.8, 4) is 5.75 Å². The number of nitrogens with one attached hydrogen (secondary N) is 1. The van der Waals surface area contributed by atoms with E-state index in [0.29, 0.717) is 35.9 Å². The van der Waals surface area contributed by atoms with Gasteiger partial charge in [0.15, 0.2) is 6.61 Å². The maximum Gasteiger partial charge on any atom is 0.305 e. The number of carboxylic acids is 1. The van der Waals surface area contributed by atoms with Crippen molar-refractivity contribution in [3.05, 3.63) is 41.5 Å². The molecule has 0 bridgehead atoms. The fourth-order valence-electron chi connectivity index (χ4n) is 2.60. The zero-order valence-electron chi connectivity index (χ0n) is 15.1. The van der Waals surface area contributed by atoms with E-state index >= 15 is 0 Å². The Labute approximate surface area is 151 Å². The van der Waals surface area contributed by atoms with Gasteiger partial charge >= 0.3 is 5.97 Å². The zero-order chi connectivity index (χ0) is 19.2. The number of benzene rings is 1. The summed E-state index contributed by atoms with van der Waals surface area (Å²) in [6.07, 6.45) is 0.920. The number of nitrogens with zero attached hydrogens (tertiary/aromatic N) is 2. The summed E-state index contributed by atoms with van der Waals surface area (Å²) in [5.74, 6) is 0.0645. The quantitative estimate of drug-likeness (QED) is 0.705. The van der Waals surface area contributed by atoms with E-state index in [4.69, 9.17) is 14.4 Å². The Morgan fingerprint density at radius 2 is 2.04 bits per heavy atom. The summed E-state index contributed by atoms with van der Waals surface area (Å²) < 4.78 is 10.5. The largest absolute Gasteiger partial charge is 0.485 e. The molecule has 0 unspecified atom stereocenters. The standard InChI is InChI=1S/C18H23N3O5/c1-4-18(5-2,10-16(22)23)20-17(24)13-7-6-8-14(9-13)25-11-15-19-12(3)26-21-15/h6-9H,4-5,10-11H2,1-3H3,(H,20,24)(H,22,23). The highest BCUT2D eigenvalue weighted by Crippen LogP contribution is 2.22. The van der Waals surface area contributed by atoms with Gasteiger partial charge in [-0.15, -0.1) is 0 Å². The Morgan fingerprint density at radius 3 is 2.62 bits per heavy atom. The molecule has 0 aliphatic carbocycles. The average Bonchev–Trinajstić information content (AvgIpc) is 3.04. The lowest BCUT2D eigenvalue weighted by atomic mass is 9.88. The van der Waals surface area contributed by atoms with Crippen molar-refractivity contribution in [2.45, 2.75) is 52.2 Å². The highest BCUT2D eigenvalue weighted by Gasteiger charge is 2.31. The van der Waals surface area contributed by atoms with Crippen LogP contribution >= 0.6 is 0 Å². The van der Waals surface area contributed by atoms with E-state index in [-0.39, 0.29) is 18.9 Å². The lowest BCUT2D eigenvalue weighted by Gasteiger charge is -2.31. The predicted molar refractivity (Wildman–Crippen MR) is 92.8 cm³/mol. The van der Waals surface area contributed by atoms with Crippen molar-refractivity contribution < 1.29 is 24.0 Å². The molecule has 2 N–H and O–H groups in total. The first kappa shape index (κ1) is 19.4. The van der Waals surface area contributed by atoms with Gasteiger partial charge in [-0.3, -0.25) is 9.59 Å². The van der Waals surface area contributed by atoms with Crippen LogP contribution in [-0.2, 0) is 11.4 Å². The van der Waals surface area contributed by atoms with Gasteiger partial charge in [0.05, 0.1) is 12.0 Å². The van der Waals surface area contributed by atoms with Crippen molar-refractivity contribution in [1.82, 2.24) is 15.5 Å². The SMILES string of the molecule is CCC(CC)(CC(=O)O)NC(=O)c1cccc(OCc2noc(C)n2)c1. The Hall–Kier alpha value is -2.90. The minimum absolute atomic E-state index is 0.120. The van der Waals surface area contributed by atoms with Crippen LogP contribution in [0.1, 0.15) is 55.2 Å². The minimum atomic E-state index is -0.943. The molecule has 1 aromatic carbocycles. The van der Waals surface area contributed by atoms with Crippen LogP contribution in [0.25, 0.3) is 0 Å². The molecular formula is C18H23N3O5. The fraction of sp³-hybridized carbons (Fsp3) is 0.444. The second kappa shape index (κ2) is 8.46. The summed E-state index contributed by atoms with van der Waals surface area (Å²) in [7, 11) is 0. The van der Waals surface area contributed by atoms with E-state index in [1.165, 1.54) is 0 Å². The normalized spacial score (nSPS) is 11.2. The molecule has 1 heterocycles. The number of amides is 1. The number of carbonyl (C=O) groups excluding carboxylic acids is 1. The Bertz CT molecular complexity index is 768. The van der Waals surface area contributed by atoms with Crippen molar-refractivity contribution in [3.63, 3.8) is 0 Å². The average molecular weight is 361 g/mol. The van der Waals surface area contributed by atoms with Gasteiger partial charge in [-0.25, -0.2) is 0 Å². The zero-order valence-corrected chi connectivity index (χ0v) is 15.1. The van der Waals surface area contributed by atoms with Crippen molar-refractivity contribution in [2.75, 3.05) is 0 Å². The van der Waals surface area contributed by atoms with Gasteiger partial charge in [-0.05, 0) is 31.0 Å². The molecule has 1 amide bonds. The molecule has 0 aliphatic heterocycles. The van der Waals surface area contributed by atoms with E-state index in [0.717, 1.165) is 0 Å². The summed E-state index contributed by atoms with van der Waals surface area (Å²) in [5, 5.41) is 15.7. The summed E-state index contributed by atoms with van der Waals surface area (Å²) in [5.41, 5.74) is -0.384. The first-order valence-corrected chi connectivity index (χ1v) is 8.44. The molecule has 0 fully saturated rings. The van der Waals surface area contributed by atoms with E-state index in [1.807, 2.05) is 13.8 Å². The number of rotatable bonds is 9. The first-order chi connectivity index (χ1) is 12.4. The second-order valence-electron chi connectivity index (χ2n) is 6.06. The van der Waals surface area contributed by atoms with Crippen LogP contribution in [0, 0.1) is 6.92 Å². The fourth-order valence-corrected chi connectivity index (χ4v) is 2.60. The van der Waals surface area contributed by atoms with Crippen molar-refractivity contribution in [1.29, 1.82) is 0 Å². The third-order valence-corrected chi connectivity index (χ3v) is 4.26. The molecule has 0 radical (unpaired) electrons. The van der Waals surface area contributed by atoms with Crippen LogP contribution in [0.2, 0.25) is 0 Å². The number of carboxylic acid groups (broad SMARTS) is 1. The highest BCUT2D eigenvalue weighted by atomic mass is 16.5. The van der Waals surface area contributed by atoms with Crippen LogP contribution in [0.15, 0.2) is 28.8 Å². The summed E-state index contributed by atoms with van der Waals surface area (Å²) in [6.45, 7) is 5.53. The van der Waals surface area contributed by atoms with Crippen LogP contribution in [0.3, 0.4) is 0 Å². The van der Waals surface area contributed by atoms with E-state index < -0.39 is 11.5 Å². The lowest BCUT2D eigenvalue weighted by Crippen LogP contribution is -2.49. The highest BCUT2D eigenvalue weighted by molar-refractivity contribution is 5.95. The number of aromatic nitrogens is 2. The molecule has 0 saturated carbocycles. The maximum atomic E-state index is 12.6. The smallest absolute Gasteiger partial charge is 0.305 e. The van der Waals surface area contributed by atoms with Gasteiger partial charge in [0.1, 0.15) is 5.75 Å². The first-order valence-electron chi connectivity index (χ1n) is 8.44. The molecule has 140 valence electrons. The van der Waals surface area contributed by atoms with E-state index in [9.17, 15) is 9.59 Å². The molecule has 0 saturated heterocycles. The van der Waals surface area contributed by atoms with Crippen molar-refractivity contribution >= 4 is 11.9 Å². The number of ether oxygens (including phenoxy) is 1. The number of hydrogen-bond acceptors (Lipinski definition) is 6.